The van der Waals surface area contributed by atoms with Gasteiger partial charge in [-0.1, -0.05) is 11.6 Å². The Labute approximate surface area is 104 Å². The lowest BCUT2D eigenvalue weighted by atomic mass is 9.77. The normalized spacial score (nSPS) is 17.6. The maximum Gasteiger partial charge on any atom is 0.169 e. The summed E-state index contributed by atoms with van der Waals surface area (Å²) in [5, 5.41) is 12.1. The molecule has 0 bridgehead atoms. The van der Waals surface area contributed by atoms with E-state index < -0.39 is 11.4 Å². The van der Waals surface area contributed by atoms with E-state index in [9.17, 15) is 9.50 Å². The van der Waals surface area contributed by atoms with Crippen LogP contribution in [0.3, 0.4) is 0 Å². The van der Waals surface area contributed by atoms with Gasteiger partial charge in [-0.2, -0.15) is 0 Å². The molecule has 1 aliphatic carbocycles. The summed E-state index contributed by atoms with van der Waals surface area (Å²) < 4.78 is 13.9. The number of rotatable bonds is 3. The number of aliphatic hydroxyl groups excluding tert-OH is 1. The smallest absolute Gasteiger partial charge is 0.169 e. The van der Waals surface area contributed by atoms with E-state index in [2.05, 4.69) is 5.32 Å². The van der Waals surface area contributed by atoms with Gasteiger partial charge in [0, 0.05) is 0 Å². The van der Waals surface area contributed by atoms with Gasteiger partial charge in [0.2, 0.25) is 0 Å². The average molecular weight is 260 g/mol. The molecule has 0 amide bonds. The molecule has 1 aromatic carbocycles. The van der Waals surface area contributed by atoms with Crippen molar-refractivity contribution in [3.05, 3.63) is 16.9 Å². The van der Waals surface area contributed by atoms with Crippen molar-refractivity contribution in [2.75, 3.05) is 23.4 Å². The molecule has 6 heteroatoms. The van der Waals surface area contributed by atoms with Gasteiger partial charge in [-0.25, -0.2) is 4.39 Å². The number of hydrogen-bond donors (Lipinski definition) is 4. The predicted octanol–water partition coefficient (Wildman–Crippen LogP) is 1.97. The van der Waals surface area contributed by atoms with Crippen LogP contribution in [-0.2, 0) is 0 Å². The second-order valence-corrected chi connectivity index (χ2v) is 4.85. The summed E-state index contributed by atoms with van der Waals surface area (Å²) in [6, 6.07) is 1.41. The maximum atomic E-state index is 13.9. The molecule has 0 aromatic heterocycles. The first-order valence-electron chi connectivity index (χ1n) is 5.41. The number of nitrogens with one attached hydrogen (secondary N) is 1. The number of hydrogen-bond acceptors (Lipinski definition) is 4. The van der Waals surface area contributed by atoms with Crippen LogP contribution in [-0.4, -0.2) is 17.3 Å². The van der Waals surface area contributed by atoms with Crippen LogP contribution in [0.2, 0.25) is 5.02 Å². The molecule has 6 N–H and O–H groups in total. The van der Waals surface area contributed by atoms with E-state index in [0.29, 0.717) is 0 Å². The van der Waals surface area contributed by atoms with Crippen LogP contribution in [0.4, 0.5) is 21.5 Å². The number of aliphatic hydroxyl groups is 1. The molecule has 0 unspecified atom stereocenters. The molecule has 17 heavy (non-hydrogen) atoms. The topological polar surface area (TPSA) is 84.3 Å². The van der Waals surface area contributed by atoms with Gasteiger partial charge in [-0.3, -0.25) is 0 Å². The van der Waals surface area contributed by atoms with Crippen molar-refractivity contribution in [2.24, 2.45) is 0 Å². The molecule has 1 aromatic rings. The molecular formula is C11H15ClFN3O. The molecule has 0 atom stereocenters. The number of nitrogen functional groups attached to an aromatic ring is 2. The van der Waals surface area contributed by atoms with Gasteiger partial charge in [0.1, 0.15) is 5.02 Å². The highest BCUT2D eigenvalue weighted by molar-refractivity contribution is 6.33. The van der Waals surface area contributed by atoms with E-state index in [-0.39, 0.29) is 28.7 Å². The molecule has 94 valence electrons. The number of benzene rings is 1. The predicted molar refractivity (Wildman–Crippen MR) is 67.5 cm³/mol. The molecule has 1 fully saturated rings. The van der Waals surface area contributed by atoms with Crippen LogP contribution in [0.15, 0.2) is 6.07 Å². The highest BCUT2D eigenvalue weighted by Crippen LogP contribution is 2.40. The number of nitrogens with two attached hydrogens (primary N) is 2. The molecule has 4 nitrogen and oxygen atoms in total. The Morgan fingerprint density at radius 2 is 2.06 bits per heavy atom. The van der Waals surface area contributed by atoms with Crippen molar-refractivity contribution < 1.29 is 9.50 Å². The summed E-state index contributed by atoms with van der Waals surface area (Å²) in [5.74, 6) is -0.663. The Morgan fingerprint density at radius 1 is 1.41 bits per heavy atom. The molecule has 2 rings (SSSR count). The third-order valence-electron chi connectivity index (χ3n) is 3.27. The SMILES string of the molecule is Nc1cc(N)c(NC2(CO)CCC2)c(F)c1Cl. The van der Waals surface area contributed by atoms with Gasteiger partial charge in [0.25, 0.3) is 0 Å². The number of anilines is 3. The number of halogens is 2. The van der Waals surface area contributed by atoms with Crippen molar-refractivity contribution in [3.63, 3.8) is 0 Å². The van der Waals surface area contributed by atoms with Crippen molar-refractivity contribution in [3.8, 4) is 0 Å². The standard InChI is InChI=1S/C11H15ClFN3O/c12-8-6(14)4-7(15)10(9(8)13)16-11(5-17)2-1-3-11/h4,16-17H,1-3,5,14-15H2. The first-order chi connectivity index (χ1) is 7.99. The molecule has 1 saturated carbocycles. The zero-order chi connectivity index (χ0) is 12.6. The lowest BCUT2D eigenvalue weighted by Crippen LogP contribution is -2.48. The molecular weight excluding hydrogens is 245 g/mol. The largest absolute Gasteiger partial charge is 0.397 e. The van der Waals surface area contributed by atoms with E-state index in [1.165, 1.54) is 6.07 Å². The van der Waals surface area contributed by atoms with Crippen LogP contribution >= 0.6 is 11.6 Å². The Bertz CT molecular complexity index is 443. The van der Waals surface area contributed by atoms with Crippen molar-refractivity contribution in [2.45, 2.75) is 24.8 Å². The minimum Gasteiger partial charge on any atom is -0.397 e. The Balaban J connectivity index is 2.36. The maximum absolute atomic E-state index is 13.9. The fraction of sp³-hybridized carbons (Fsp3) is 0.455. The summed E-state index contributed by atoms with van der Waals surface area (Å²) in [7, 11) is 0. The van der Waals surface area contributed by atoms with E-state index in [4.69, 9.17) is 23.1 Å². The third kappa shape index (κ3) is 2.00. The Hall–Kier alpha value is -1.20. The minimum atomic E-state index is -0.663. The first-order valence-corrected chi connectivity index (χ1v) is 5.79. The molecule has 0 aliphatic heterocycles. The first kappa shape index (κ1) is 12.3. The van der Waals surface area contributed by atoms with E-state index >= 15 is 0 Å². The van der Waals surface area contributed by atoms with E-state index in [0.717, 1.165) is 19.3 Å². The van der Waals surface area contributed by atoms with Crippen molar-refractivity contribution in [1.29, 1.82) is 0 Å². The van der Waals surface area contributed by atoms with Gasteiger partial charge in [0.05, 0.1) is 29.2 Å². The Morgan fingerprint density at radius 3 is 2.53 bits per heavy atom. The van der Waals surface area contributed by atoms with E-state index in [1.807, 2.05) is 0 Å². The zero-order valence-electron chi connectivity index (χ0n) is 9.26. The summed E-state index contributed by atoms with van der Waals surface area (Å²) in [6.45, 7) is -0.0616. The monoisotopic (exact) mass is 259 g/mol. The lowest BCUT2D eigenvalue weighted by molar-refractivity contribution is 0.144. The van der Waals surface area contributed by atoms with E-state index in [1.54, 1.807) is 0 Å². The van der Waals surface area contributed by atoms with Gasteiger partial charge >= 0.3 is 0 Å². The van der Waals surface area contributed by atoms with Crippen molar-refractivity contribution >= 4 is 28.7 Å². The highest BCUT2D eigenvalue weighted by Gasteiger charge is 2.37. The molecule has 0 spiro atoms. The van der Waals surface area contributed by atoms with Crippen molar-refractivity contribution in [1.82, 2.24) is 0 Å². The fourth-order valence-corrected chi connectivity index (χ4v) is 2.13. The molecule has 1 aliphatic rings. The van der Waals surface area contributed by atoms with Crippen LogP contribution in [0, 0.1) is 5.82 Å². The zero-order valence-corrected chi connectivity index (χ0v) is 10.0. The fourth-order valence-electron chi connectivity index (χ4n) is 1.98. The summed E-state index contributed by atoms with van der Waals surface area (Å²) in [4.78, 5) is 0. The second-order valence-electron chi connectivity index (χ2n) is 4.47. The average Bonchev–Trinajstić information content (AvgIpc) is 2.24. The summed E-state index contributed by atoms with van der Waals surface area (Å²) in [5.41, 5.74) is 11.2. The van der Waals surface area contributed by atoms with Crippen LogP contribution in [0.1, 0.15) is 19.3 Å². The summed E-state index contributed by atoms with van der Waals surface area (Å²) in [6.07, 6.45) is 2.56. The lowest BCUT2D eigenvalue weighted by Gasteiger charge is -2.42. The van der Waals surface area contributed by atoms with Crippen LogP contribution in [0.25, 0.3) is 0 Å². The minimum absolute atomic E-state index is 0.0616. The molecule has 0 radical (unpaired) electrons. The van der Waals surface area contributed by atoms with Gasteiger partial charge in [0.15, 0.2) is 5.82 Å². The molecule has 0 heterocycles. The van der Waals surface area contributed by atoms with Gasteiger partial charge in [-0.05, 0) is 25.3 Å². The van der Waals surface area contributed by atoms with Gasteiger partial charge in [-0.15, -0.1) is 0 Å². The third-order valence-corrected chi connectivity index (χ3v) is 3.65. The van der Waals surface area contributed by atoms with Gasteiger partial charge < -0.3 is 21.9 Å². The van der Waals surface area contributed by atoms with Crippen LogP contribution in [0.5, 0.6) is 0 Å². The summed E-state index contributed by atoms with van der Waals surface area (Å²) >= 11 is 5.73. The Kier molecular flexibility index (Phi) is 3.05. The quantitative estimate of drug-likeness (QED) is 0.626. The second kappa shape index (κ2) is 4.23. The molecule has 0 saturated heterocycles. The van der Waals surface area contributed by atoms with Crippen LogP contribution < -0.4 is 16.8 Å². The highest BCUT2D eigenvalue weighted by atomic mass is 35.5.